The van der Waals surface area contributed by atoms with Gasteiger partial charge in [0.25, 0.3) is 0 Å². The summed E-state index contributed by atoms with van der Waals surface area (Å²) in [7, 11) is -4.00. The van der Waals surface area contributed by atoms with Crippen LogP contribution in [-0.4, -0.2) is 50.5 Å². The molecule has 8 nitrogen and oxygen atoms in total. The number of hydrogen-bond acceptors (Lipinski definition) is 5. The van der Waals surface area contributed by atoms with Crippen LogP contribution in [0.15, 0.2) is 47.4 Å². The van der Waals surface area contributed by atoms with Crippen LogP contribution in [0.4, 0.5) is 4.39 Å². The Morgan fingerprint density at radius 1 is 1.19 bits per heavy atom. The molecular weight excluding hydrogens is 461 g/mol. The third kappa shape index (κ3) is 5.63. The number of aryl methyl sites for hydroxylation is 1. The van der Waals surface area contributed by atoms with Crippen LogP contribution >= 0.6 is 11.6 Å². The van der Waals surface area contributed by atoms with Crippen molar-refractivity contribution in [1.29, 1.82) is 0 Å². The first kappa shape index (κ1) is 24.1. The molecule has 0 aromatic heterocycles. The highest BCUT2D eigenvalue weighted by molar-refractivity contribution is 7.89. The number of nitrogens with zero attached hydrogens (tertiary/aromatic N) is 1. The molecule has 1 aliphatic rings. The van der Waals surface area contributed by atoms with E-state index in [-0.39, 0.29) is 30.1 Å². The fraction of sp³-hybridized carbons (Fsp3) is 0.333. The number of ether oxygens (including phenoxy) is 1. The zero-order valence-corrected chi connectivity index (χ0v) is 18.9. The maximum atomic E-state index is 13.4. The summed E-state index contributed by atoms with van der Waals surface area (Å²) < 4.78 is 46.3. The van der Waals surface area contributed by atoms with Crippen molar-refractivity contribution in [3.8, 4) is 0 Å². The van der Waals surface area contributed by atoms with Gasteiger partial charge in [-0.25, -0.2) is 12.8 Å². The van der Waals surface area contributed by atoms with Gasteiger partial charge in [0, 0.05) is 18.1 Å². The lowest BCUT2D eigenvalue weighted by Crippen LogP contribution is -2.53. The van der Waals surface area contributed by atoms with Gasteiger partial charge in [-0.15, -0.1) is 0 Å². The number of rotatable bonds is 6. The second kappa shape index (κ2) is 10.4. The van der Waals surface area contributed by atoms with E-state index in [9.17, 15) is 22.4 Å². The molecule has 2 aromatic carbocycles. The Hall–Kier alpha value is -2.53. The topological polar surface area (TPSA) is 105 Å². The number of halogens is 2. The van der Waals surface area contributed by atoms with Crippen molar-refractivity contribution in [2.24, 2.45) is 0 Å². The Labute approximate surface area is 190 Å². The molecule has 0 spiro atoms. The molecule has 2 N–H and O–H groups in total. The lowest BCUT2D eigenvalue weighted by atomic mass is 10.2. The van der Waals surface area contributed by atoms with Crippen LogP contribution in [0.2, 0.25) is 5.02 Å². The maximum Gasteiger partial charge on any atom is 0.309 e. The SMILES string of the molecule is Cc1cc(F)ccc1S(=O)(=O)N1CCCO[C@H]1CNC(=O)C(=O)NCc1ccccc1Cl. The maximum absolute atomic E-state index is 13.4. The van der Waals surface area contributed by atoms with Crippen LogP contribution in [0.3, 0.4) is 0 Å². The molecule has 0 unspecified atom stereocenters. The summed E-state index contributed by atoms with van der Waals surface area (Å²) in [6.07, 6.45) is -0.541. The van der Waals surface area contributed by atoms with E-state index >= 15 is 0 Å². The summed E-state index contributed by atoms with van der Waals surface area (Å²) in [5.74, 6) is -2.35. The van der Waals surface area contributed by atoms with Crippen LogP contribution < -0.4 is 10.6 Å². The fourth-order valence-electron chi connectivity index (χ4n) is 3.29. The highest BCUT2D eigenvalue weighted by Gasteiger charge is 2.35. The smallest absolute Gasteiger partial charge is 0.309 e. The molecule has 1 saturated heterocycles. The predicted octanol–water partition coefficient (Wildman–Crippen LogP) is 1.96. The molecule has 1 atom stereocenters. The first-order valence-corrected chi connectivity index (χ1v) is 11.7. The third-order valence-corrected chi connectivity index (χ3v) is 7.34. The number of carbonyl (C=O) groups excluding carboxylic acids is 2. The van der Waals surface area contributed by atoms with Crippen molar-refractivity contribution in [1.82, 2.24) is 14.9 Å². The van der Waals surface area contributed by atoms with Crippen molar-refractivity contribution in [2.75, 3.05) is 19.7 Å². The van der Waals surface area contributed by atoms with Crippen molar-refractivity contribution >= 4 is 33.4 Å². The number of amides is 2. The van der Waals surface area contributed by atoms with Gasteiger partial charge in [0.1, 0.15) is 12.0 Å². The molecule has 0 radical (unpaired) electrons. The van der Waals surface area contributed by atoms with Gasteiger partial charge in [-0.3, -0.25) is 9.59 Å². The standard InChI is InChI=1S/C21H23ClFN3O5S/c1-14-11-16(23)7-8-18(14)32(29,30)26-9-4-10-31-19(26)13-25-21(28)20(27)24-12-15-5-2-3-6-17(15)22/h2-3,5-8,11,19H,4,9-10,12-13H2,1H3,(H,24,27)(H,25,28)/t19-/m0/s1. The van der Waals surface area contributed by atoms with E-state index in [4.69, 9.17) is 16.3 Å². The van der Waals surface area contributed by atoms with E-state index in [1.165, 1.54) is 13.0 Å². The highest BCUT2D eigenvalue weighted by Crippen LogP contribution is 2.25. The number of hydrogen-bond donors (Lipinski definition) is 2. The third-order valence-electron chi connectivity index (χ3n) is 4.92. The molecule has 3 rings (SSSR count). The van der Waals surface area contributed by atoms with Gasteiger partial charge in [0.05, 0.1) is 18.0 Å². The van der Waals surface area contributed by atoms with E-state index in [1.54, 1.807) is 24.3 Å². The van der Waals surface area contributed by atoms with Crippen LogP contribution in [0.1, 0.15) is 17.5 Å². The highest BCUT2D eigenvalue weighted by atomic mass is 35.5. The number of nitrogens with one attached hydrogen (secondary N) is 2. The zero-order valence-electron chi connectivity index (χ0n) is 17.3. The average Bonchev–Trinajstić information content (AvgIpc) is 2.76. The predicted molar refractivity (Wildman–Crippen MR) is 116 cm³/mol. The molecule has 1 fully saturated rings. The summed E-state index contributed by atoms with van der Waals surface area (Å²) >= 11 is 6.03. The summed E-state index contributed by atoms with van der Waals surface area (Å²) in [5.41, 5.74) is 0.912. The van der Waals surface area contributed by atoms with Crippen molar-refractivity contribution in [3.63, 3.8) is 0 Å². The Kier molecular flexibility index (Phi) is 7.83. The van der Waals surface area contributed by atoms with E-state index in [0.29, 0.717) is 23.6 Å². The van der Waals surface area contributed by atoms with Crippen molar-refractivity contribution in [3.05, 3.63) is 64.4 Å². The number of sulfonamides is 1. The van der Waals surface area contributed by atoms with Crippen molar-refractivity contribution < 1.29 is 27.1 Å². The Morgan fingerprint density at radius 2 is 1.91 bits per heavy atom. The van der Waals surface area contributed by atoms with Gasteiger partial charge < -0.3 is 15.4 Å². The minimum atomic E-state index is -4.00. The van der Waals surface area contributed by atoms with Crippen LogP contribution in [0, 0.1) is 12.7 Å². The van der Waals surface area contributed by atoms with E-state index < -0.39 is 33.9 Å². The fourth-order valence-corrected chi connectivity index (χ4v) is 5.26. The van der Waals surface area contributed by atoms with Gasteiger partial charge in [0.15, 0.2) is 0 Å². The minimum Gasteiger partial charge on any atom is -0.360 e. The lowest BCUT2D eigenvalue weighted by molar-refractivity contribution is -0.140. The second-order valence-electron chi connectivity index (χ2n) is 7.19. The second-order valence-corrected chi connectivity index (χ2v) is 9.45. The largest absolute Gasteiger partial charge is 0.360 e. The number of carbonyl (C=O) groups is 2. The Morgan fingerprint density at radius 3 is 2.62 bits per heavy atom. The van der Waals surface area contributed by atoms with Crippen LogP contribution in [0.5, 0.6) is 0 Å². The molecular formula is C21H23ClFN3O5S. The van der Waals surface area contributed by atoms with Crippen LogP contribution in [-0.2, 0) is 30.9 Å². The molecule has 1 aliphatic heterocycles. The molecule has 0 saturated carbocycles. The van der Waals surface area contributed by atoms with Crippen LogP contribution in [0.25, 0.3) is 0 Å². The molecule has 11 heteroatoms. The molecule has 172 valence electrons. The minimum absolute atomic E-state index is 0.0433. The summed E-state index contributed by atoms with van der Waals surface area (Å²) in [4.78, 5) is 24.2. The van der Waals surface area contributed by atoms with Crippen molar-refractivity contribution in [2.45, 2.75) is 31.0 Å². The quantitative estimate of drug-likeness (QED) is 0.611. The Bertz CT molecular complexity index is 1110. The Balaban J connectivity index is 1.63. The van der Waals surface area contributed by atoms with Gasteiger partial charge in [-0.05, 0) is 48.7 Å². The molecule has 2 aromatic rings. The average molecular weight is 484 g/mol. The van der Waals surface area contributed by atoms with E-state index in [0.717, 1.165) is 16.4 Å². The van der Waals surface area contributed by atoms with E-state index in [2.05, 4.69) is 10.6 Å². The monoisotopic (exact) mass is 483 g/mol. The normalized spacial score (nSPS) is 17.0. The summed E-state index contributed by atoms with van der Waals surface area (Å²) in [6, 6.07) is 10.3. The zero-order chi connectivity index (χ0) is 23.3. The molecule has 0 aliphatic carbocycles. The first-order valence-electron chi connectivity index (χ1n) is 9.89. The summed E-state index contributed by atoms with van der Waals surface area (Å²) in [5, 5.41) is 5.33. The molecule has 0 bridgehead atoms. The van der Waals surface area contributed by atoms with Gasteiger partial charge in [-0.1, -0.05) is 29.8 Å². The van der Waals surface area contributed by atoms with Gasteiger partial charge in [0.2, 0.25) is 10.0 Å². The summed E-state index contributed by atoms with van der Waals surface area (Å²) in [6.45, 7) is 1.81. The van der Waals surface area contributed by atoms with Gasteiger partial charge >= 0.3 is 11.8 Å². The van der Waals surface area contributed by atoms with Gasteiger partial charge in [-0.2, -0.15) is 4.31 Å². The lowest BCUT2D eigenvalue weighted by Gasteiger charge is -2.34. The molecule has 2 amide bonds. The molecule has 32 heavy (non-hydrogen) atoms. The first-order chi connectivity index (χ1) is 15.2. The molecule has 1 heterocycles. The number of benzene rings is 2. The van der Waals surface area contributed by atoms with E-state index in [1.807, 2.05) is 0 Å².